The highest BCUT2D eigenvalue weighted by atomic mass is 16.1. The average Bonchev–Trinajstić information content (AvgIpc) is 2.29. The molecule has 0 atom stereocenters. The number of rotatable bonds is 6. The molecule has 0 unspecified atom stereocenters. The van der Waals surface area contributed by atoms with E-state index in [1.165, 1.54) is 19.3 Å². The number of amides is 1. The van der Waals surface area contributed by atoms with Crippen LogP contribution in [0.4, 0.5) is 0 Å². The smallest absolute Gasteiger partial charge is 0.223 e. The van der Waals surface area contributed by atoms with Crippen molar-refractivity contribution in [3.8, 4) is 0 Å². The number of hydrogen-bond acceptors (Lipinski definition) is 2. The standard InChI is InChI=1S/C13H26N2O/c1-11(2)10-14-8-9-15-13(16)12-6-4-3-5-7-12/h11-12,14H,3-10H2,1-2H3,(H,15,16). The highest BCUT2D eigenvalue weighted by Gasteiger charge is 2.20. The predicted octanol–water partition coefficient (Wildman–Crippen LogP) is 1.93. The van der Waals surface area contributed by atoms with E-state index in [0.717, 1.165) is 32.5 Å². The quantitative estimate of drug-likeness (QED) is 0.679. The molecule has 2 N–H and O–H groups in total. The first kappa shape index (κ1) is 13.5. The molecule has 1 aliphatic carbocycles. The first-order valence-electron chi connectivity index (χ1n) is 6.68. The van der Waals surface area contributed by atoms with E-state index in [4.69, 9.17) is 0 Å². The van der Waals surface area contributed by atoms with E-state index in [2.05, 4.69) is 24.5 Å². The fourth-order valence-electron chi connectivity index (χ4n) is 2.17. The molecule has 1 fully saturated rings. The molecule has 1 amide bonds. The zero-order valence-corrected chi connectivity index (χ0v) is 10.7. The SMILES string of the molecule is CC(C)CNCCNC(=O)C1CCCCC1. The fraction of sp³-hybridized carbons (Fsp3) is 0.923. The Kier molecular flexibility index (Phi) is 6.46. The van der Waals surface area contributed by atoms with Gasteiger partial charge in [0.15, 0.2) is 0 Å². The van der Waals surface area contributed by atoms with Gasteiger partial charge in [-0.1, -0.05) is 33.1 Å². The number of hydrogen-bond donors (Lipinski definition) is 2. The highest BCUT2D eigenvalue weighted by Crippen LogP contribution is 2.23. The van der Waals surface area contributed by atoms with Gasteiger partial charge in [0.2, 0.25) is 5.91 Å². The number of carbonyl (C=O) groups excluding carboxylic acids is 1. The zero-order chi connectivity index (χ0) is 11.8. The molecule has 16 heavy (non-hydrogen) atoms. The van der Waals surface area contributed by atoms with Gasteiger partial charge in [0.25, 0.3) is 0 Å². The topological polar surface area (TPSA) is 41.1 Å². The minimum atomic E-state index is 0.269. The summed E-state index contributed by atoms with van der Waals surface area (Å²) < 4.78 is 0. The van der Waals surface area contributed by atoms with Gasteiger partial charge in [0, 0.05) is 19.0 Å². The van der Waals surface area contributed by atoms with E-state index >= 15 is 0 Å². The monoisotopic (exact) mass is 226 g/mol. The van der Waals surface area contributed by atoms with Crippen LogP contribution in [-0.4, -0.2) is 25.5 Å². The van der Waals surface area contributed by atoms with Crippen LogP contribution < -0.4 is 10.6 Å². The van der Waals surface area contributed by atoms with Crippen LogP contribution in [0.2, 0.25) is 0 Å². The Bertz CT molecular complexity index is 198. The van der Waals surface area contributed by atoms with Gasteiger partial charge in [0.05, 0.1) is 0 Å². The second kappa shape index (κ2) is 7.66. The maximum absolute atomic E-state index is 11.8. The van der Waals surface area contributed by atoms with Crippen LogP contribution in [-0.2, 0) is 4.79 Å². The summed E-state index contributed by atoms with van der Waals surface area (Å²) in [4.78, 5) is 11.8. The molecule has 0 heterocycles. The molecule has 0 saturated heterocycles. The molecular weight excluding hydrogens is 200 g/mol. The molecule has 1 rings (SSSR count). The summed E-state index contributed by atoms with van der Waals surface area (Å²) in [6.07, 6.45) is 5.93. The Balaban J connectivity index is 2.01. The molecule has 3 nitrogen and oxygen atoms in total. The van der Waals surface area contributed by atoms with Crippen LogP contribution >= 0.6 is 0 Å². The molecule has 1 saturated carbocycles. The van der Waals surface area contributed by atoms with Crippen LogP contribution in [0.5, 0.6) is 0 Å². The van der Waals surface area contributed by atoms with Crippen molar-refractivity contribution in [1.82, 2.24) is 10.6 Å². The van der Waals surface area contributed by atoms with Gasteiger partial charge >= 0.3 is 0 Å². The van der Waals surface area contributed by atoms with Gasteiger partial charge in [-0.3, -0.25) is 4.79 Å². The molecule has 0 spiro atoms. The fourth-order valence-corrected chi connectivity index (χ4v) is 2.17. The minimum absolute atomic E-state index is 0.269. The Morgan fingerprint density at radius 3 is 2.50 bits per heavy atom. The lowest BCUT2D eigenvalue weighted by atomic mass is 9.89. The first-order chi connectivity index (χ1) is 7.70. The van der Waals surface area contributed by atoms with Crippen molar-refractivity contribution in [2.45, 2.75) is 46.0 Å². The summed E-state index contributed by atoms with van der Waals surface area (Å²) in [5, 5.41) is 6.35. The minimum Gasteiger partial charge on any atom is -0.355 e. The van der Waals surface area contributed by atoms with Crippen molar-refractivity contribution in [3.63, 3.8) is 0 Å². The normalized spacial score (nSPS) is 17.7. The third-order valence-corrected chi connectivity index (χ3v) is 3.13. The lowest BCUT2D eigenvalue weighted by Crippen LogP contribution is -2.37. The van der Waals surface area contributed by atoms with E-state index < -0.39 is 0 Å². The Morgan fingerprint density at radius 1 is 1.19 bits per heavy atom. The average molecular weight is 226 g/mol. The van der Waals surface area contributed by atoms with Crippen molar-refractivity contribution in [3.05, 3.63) is 0 Å². The molecule has 1 aliphatic rings. The maximum Gasteiger partial charge on any atom is 0.223 e. The van der Waals surface area contributed by atoms with Crippen LogP contribution in [0.3, 0.4) is 0 Å². The Labute approximate surface area is 99.4 Å². The number of carbonyl (C=O) groups is 1. The summed E-state index contributed by atoms with van der Waals surface area (Å²) in [6, 6.07) is 0. The lowest BCUT2D eigenvalue weighted by Gasteiger charge is -2.20. The van der Waals surface area contributed by atoms with Crippen molar-refractivity contribution in [2.24, 2.45) is 11.8 Å². The number of nitrogens with one attached hydrogen (secondary N) is 2. The third kappa shape index (κ3) is 5.50. The van der Waals surface area contributed by atoms with Crippen molar-refractivity contribution in [1.29, 1.82) is 0 Å². The van der Waals surface area contributed by atoms with Crippen molar-refractivity contribution < 1.29 is 4.79 Å². The largest absolute Gasteiger partial charge is 0.355 e. The van der Waals surface area contributed by atoms with E-state index in [9.17, 15) is 4.79 Å². The van der Waals surface area contributed by atoms with Crippen LogP contribution in [0, 0.1) is 11.8 Å². The molecule has 0 aromatic heterocycles. The zero-order valence-electron chi connectivity index (χ0n) is 10.7. The van der Waals surface area contributed by atoms with E-state index in [1.54, 1.807) is 0 Å². The van der Waals surface area contributed by atoms with Crippen LogP contribution in [0.1, 0.15) is 46.0 Å². The summed E-state index contributed by atoms with van der Waals surface area (Å²) in [7, 11) is 0. The Hall–Kier alpha value is -0.570. The van der Waals surface area contributed by atoms with Crippen LogP contribution in [0.25, 0.3) is 0 Å². The second-order valence-electron chi connectivity index (χ2n) is 5.22. The third-order valence-electron chi connectivity index (χ3n) is 3.13. The van der Waals surface area contributed by atoms with Crippen molar-refractivity contribution >= 4 is 5.91 Å². The molecule has 0 aromatic carbocycles. The van der Waals surface area contributed by atoms with Gasteiger partial charge in [0.1, 0.15) is 0 Å². The molecular formula is C13H26N2O. The summed E-state index contributed by atoms with van der Waals surface area (Å²) in [5.74, 6) is 1.24. The first-order valence-corrected chi connectivity index (χ1v) is 6.68. The molecule has 0 aliphatic heterocycles. The van der Waals surface area contributed by atoms with Gasteiger partial charge in [-0.05, 0) is 25.3 Å². The molecule has 0 aromatic rings. The highest BCUT2D eigenvalue weighted by molar-refractivity contribution is 5.78. The van der Waals surface area contributed by atoms with Gasteiger partial charge in [-0.2, -0.15) is 0 Å². The summed E-state index contributed by atoms with van der Waals surface area (Å²) in [5.41, 5.74) is 0. The molecule has 3 heteroatoms. The van der Waals surface area contributed by atoms with Gasteiger partial charge in [-0.25, -0.2) is 0 Å². The second-order valence-corrected chi connectivity index (χ2v) is 5.22. The van der Waals surface area contributed by atoms with E-state index in [1.807, 2.05) is 0 Å². The van der Waals surface area contributed by atoms with E-state index in [0.29, 0.717) is 11.8 Å². The Morgan fingerprint density at radius 2 is 1.88 bits per heavy atom. The predicted molar refractivity (Wildman–Crippen MR) is 67.3 cm³/mol. The molecule has 0 bridgehead atoms. The van der Waals surface area contributed by atoms with Crippen molar-refractivity contribution in [2.75, 3.05) is 19.6 Å². The van der Waals surface area contributed by atoms with Gasteiger partial charge < -0.3 is 10.6 Å². The van der Waals surface area contributed by atoms with Crippen LogP contribution in [0.15, 0.2) is 0 Å². The summed E-state index contributed by atoms with van der Waals surface area (Å²) in [6.45, 7) is 7.05. The molecule has 94 valence electrons. The summed E-state index contributed by atoms with van der Waals surface area (Å²) >= 11 is 0. The van der Waals surface area contributed by atoms with E-state index in [-0.39, 0.29) is 5.91 Å². The maximum atomic E-state index is 11.8. The molecule has 0 radical (unpaired) electrons. The lowest BCUT2D eigenvalue weighted by molar-refractivity contribution is -0.125. The van der Waals surface area contributed by atoms with Gasteiger partial charge in [-0.15, -0.1) is 0 Å².